The normalized spacial score (nSPS) is 49.6. The Labute approximate surface area is 647 Å². The molecule has 0 unspecified atom stereocenters. The van der Waals surface area contributed by atoms with E-state index in [4.69, 9.17) is 80.5 Å². The van der Waals surface area contributed by atoms with Crippen molar-refractivity contribution in [3.8, 4) is 0 Å². The Hall–Kier alpha value is -3.02. The molecular formula is C62H105NO52. The van der Waals surface area contributed by atoms with Gasteiger partial charge in [-0.2, -0.15) is 0 Å². The fourth-order valence-corrected chi connectivity index (χ4v) is 14.6. The van der Waals surface area contributed by atoms with E-state index < -0.39 is 378 Å². The third-order valence-electron chi connectivity index (χ3n) is 21.0. The second kappa shape index (κ2) is 41.0. The van der Waals surface area contributed by atoms with Crippen LogP contribution in [0.25, 0.3) is 0 Å². The maximum Gasteiger partial charge on any atom is 0.364 e. The minimum atomic E-state index is -3.34. The van der Waals surface area contributed by atoms with Crippen molar-refractivity contribution >= 4 is 11.9 Å². The van der Waals surface area contributed by atoms with E-state index in [-0.39, 0.29) is 0 Å². The predicted molar refractivity (Wildman–Crippen MR) is 344 cm³/mol. The molecule has 0 saturated carbocycles. The molecule has 9 saturated heterocycles. The van der Waals surface area contributed by atoms with Crippen molar-refractivity contribution in [3.63, 3.8) is 0 Å². The van der Waals surface area contributed by atoms with E-state index in [2.05, 4.69) is 5.32 Å². The summed E-state index contributed by atoms with van der Waals surface area (Å²) in [7, 11) is 0. The average Bonchev–Trinajstić information content (AvgIpc) is 0.760. The van der Waals surface area contributed by atoms with E-state index in [0.29, 0.717) is 0 Å². The first-order valence-corrected chi connectivity index (χ1v) is 36.1. The molecular weight excluding hydrogens is 1590 g/mol. The maximum atomic E-state index is 12.6. The van der Waals surface area contributed by atoms with Gasteiger partial charge in [-0.1, -0.05) is 0 Å². The Bertz CT molecular complexity index is 2990. The number of carboxylic acid groups (broad SMARTS) is 1. The van der Waals surface area contributed by atoms with Crippen LogP contribution in [0, 0.1) is 0 Å². The molecule has 0 aromatic heterocycles. The number of nitrogens with one attached hydrogen (secondary N) is 1. The molecule has 670 valence electrons. The topological polar surface area (TPSA) is 871 Å². The Morgan fingerprint density at radius 3 is 1.23 bits per heavy atom. The SMILES string of the molecule is CC(=O)N[C@H]1[C@H](O[C@H]2[C@@H](O)[C@@H](CO)O[C@@H](O[C@H]3[C@H](O)[C@H](O)[C@@H](OC[C@H]4O[C@@H](O[C@H]5[C@H](O[C@H]6O[C@H]([C@@H](O)CO)[C@@H](O)[C@H](O)[C@@H]6O[C@H]6O[C@H]([C@@H](O)CO)[C@@H](O)[C@H](O)[C@@H]6O)[C@H](O)[C@@H](O[C@H]6[C@@H]([C@H](O)CO)O[C@@](O)(C(=O)O)C[C@H]6O)O[C@@H]5[C@@H](O)CO)[C@H](O)[C@@H](O)[C@@H]4O)O[C@@H]3[C@H](O)CO)[C@@H]2O)O[C@H](CO)[C@@H](O[C@@H]2O[C@H](CO)[C@H](O)[C@H](O)[C@H]2O)[C@@H]1O. The van der Waals surface area contributed by atoms with Crippen LogP contribution in [-0.2, 0) is 90.1 Å². The van der Waals surface area contributed by atoms with Crippen LogP contribution in [0.2, 0.25) is 0 Å². The number of rotatable bonds is 32. The molecule has 115 heavy (non-hydrogen) atoms. The first-order valence-electron chi connectivity index (χ1n) is 36.1. The number of amides is 1. The minimum Gasteiger partial charge on any atom is -0.477 e. The molecule has 0 aromatic carbocycles. The fraction of sp³-hybridized carbons (Fsp3) is 0.968. The molecule has 49 atom stereocenters. The van der Waals surface area contributed by atoms with Gasteiger partial charge in [-0.15, -0.1) is 0 Å². The summed E-state index contributed by atoms with van der Waals surface area (Å²) in [6, 6.07) is -1.86. The first kappa shape index (κ1) is 95.8. The van der Waals surface area contributed by atoms with Crippen molar-refractivity contribution in [1.29, 1.82) is 0 Å². The minimum absolute atomic E-state index is 0.916. The van der Waals surface area contributed by atoms with E-state index in [9.17, 15) is 178 Å². The van der Waals surface area contributed by atoms with Crippen LogP contribution in [0.15, 0.2) is 0 Å². The molecule has 34 N–H and O–H groups in total. The standard InChI is InChI=1S/C62H105NO52/c1-12(72)63-23-27(82)47(109-55-35(90)28(83)24(79)19(8-69)100-55)21(10-71)102-53(23)110-48-26(81)20(9-70)101-58(39(48)94)111-49-34(89)38(93)54(106-44(49)16(76)5-66)99-11-22-25(80)29(84)36(91)56(103-22)114-52-45(17(77)6-67)108-59(107-43-13(73)2-62(98,61(96)97)115-46(43)18(78)7-68)40(95)50(52)112-60-51(33(88)32(87)42(105-60)15(75)4-65)113-57-37(92)30(85)31(86)41(104-57)14(74)3-64/h13-60,64-71,73-95,98H,2-11H2,1H3,(H,63,72)(H,96,97)/t13-,14+,15+,16-,17+,18-,19-,20-,21-,22-,23-,24+,25-,26+,27-,28+,29+,30+,31+,32+,33+,34-,35-,36-,37+,38+,39-,40+,41-,42-,43-,44-,45-,46-,47-,48+,49+,50-,51+,52-,53+,54+,55+,56+,57-,58+,59+,60-,62-/m1/s1. The van der Waals surface area contributed by atoms with Gasteiger partial charge in [0, 0.05) is 13.3 Å². The summed E-state index contributed by atoms with van der Waals surface area (Å²) >= 11 is 0. The van der Waals surface area contributed by atoms with Crippen LogP contribution in [0.5, 0.6) is 0 Å². The fourth-order valence-electron chi connectivity index (χ4n) is 14.6. The quantitative estimate of drug-likeness (QED) is 0.0297. The summed E-state index contributed by atoms with van der Waals surface area (Å²) in [5, 5.41) is 364. The predicted octanol–water partition coefficient (Wildman–Crippen LogP) is -23.2. The van der Waals surface area contributed by atoms with Gasteiger partial charge in [0.1, 0.15) is 238 Å². The second-order valence-electron chi connectivity index (χ2n) is 28.9. The first-order chi connectivity index (χ1) is 54.2. The lowest BCUT2D eigenvalue weighted by molar-refractivity contribution is -0.415. The highest BCUT2D eigenvalue weighted by Gasteiger charge is 2.63. The highest BCUT2D eigenvalue weighted by atomic mass is 16.8. The molecule has 9 heterocycles. The molecule has 0 aliphatic carbocycles. The van der Waals surface area contributed by atoms with E-state index in [1.807, 2.05) is 0 Å². The highest BCUT2D eigenvalue weighted by molar-refractivity contribution is 5.75. The van der Waals surface area contributed by atoms with Gasteiger partial charge in [0.2, 0.25) is 5.91 Å². The smallest absolute Gasteiger partial charge is 0.364 e. The summed E-state index contributed by atoms with van der Waals surface area (Å²) < 4.78 is 97.9. The summed E-state index contributed by atoms with van der Waals surface area (Å²) in [5.74, 6) is -6.41. The van der Waals surface area contributed by atoms with Crippen molar-refractivity contribution in [2.24, 2.45) is 0 Å². The number of hydrogen-bond donors (Lipinski definition) is 34. The van der Waals surface area contributed by atoms with Crippen LogP contribution in [0.1, 0.15) is 13.3 Å². The number of aliphatic carboxylic acids is 1. The van der Waals surface area contributed by atoms with Crippen molar-refractivity contribution < 1.29 is 259 Å². The summed E-state index contributed by atoms with van der Waals surface area (Å²) in [4.78, 5) is 24.8. The average molecular weight is 1700 g/mol. The zero-order chi connectivity index (χ0) is 85.2. The monoisotopic (exact) mass is 1700 g/mol. The number of aliphatic hydroxyl groups is 32. The van der Waals surface area contributed by atoms with Gasteiger partial charge in [-0.25, -0.2) is 4.79 Å². The number of carbonyl (C=O) groups is 2. The van der Waals surface area contributed by atoms with Gasteiger partial charge < -0.3 is 254 Å². The van der Waals surface area contributed by atoms with Crippen LogP contribution in [0.3, 0.4) is 0 Å². The summed E-state index contributed by atoms with van der Waals surface area (Å²) in [6.45, 7) is -10.0. The Kier molecular flexibility index (Phi) is 34.1. The van der Waals surface area contributed by atoms with Crippen molar-refractivity contribution in [3.05, 3.63) is 0 Å². The molecule has 53 heteroatoms. The van der Waals surface area contributed by atoms with Crippen molar-refractivity contribution in [1.82, 2.24) is 5.32 Å². The van der Waals surface area contributed by atoms with E-state index in [1.165, 1.54) is 0 Å². The number of carboxylic acids is 1. The van der Waals surface area contributed by atoms with E-state index >= 15 is 0 Å². The van der Waals surface area contributed by atoms with E-state index in [0.717, 1.165) is 6.92 Å². The van der Waals surface area contributed by atoms with Gasteiger partial charge in [0.25, 0.3) is 5.79 Å². The Morgan fingerprint density at radius 1 is 0.339 bits per heavy atom. The van der Waals surface area contributed by atoms with Gasteiger partial charge in [-0.05, 0) is 0 Å². The van der Waals surface area contributed by atoms with E-state index in [1.54, 1.807) is 0 Å². The molecule has 9 aliphatic rings. The molecule has 9 rings (SSSR count). The van der Waals surface area contributed by atoms with Gasteiger partial charge >= 0.3 is 5.97 Å². The number of carbonyl (C=O) groups excluding carboxylic acids is 1. The zero-order valence-corrected chi connectivity index (χ0v) is 60.3. The van der Waals surface area contributed by atoms with Crippen molar-refractivity contribution in [2.75, 3.05) is 59.5 Å². The molecule has 0 spiro atoms. The van der Waals surface area contributed by atoms with Gasteiger partial charge in [0.15, 0.2) is 50.3 Å². The zero-order valence-electron chi connectivity index (χ0n) is 60.3. The molecule has 0 bridgehead atoms. The van der Waals surface area contributed by atoms with Crippen LogP contribution in [-0.4, -0.2) is 540 Å². The highest BCUT2D eigenvalue weighted by Crippen LogP contribution is 2.42. The molecule has 53 nitrogen and oxygen atoms in total. The van der Waals surface area contributed by atoms with Gasteiger partial charge in [-0.3, -0.25) is 4.79 Å². The number of aliphatic hydroxyl groups excluding tert-OH is 31. The number of hydrogen-bond acceptors (Lipinski definition) is 51. The Balaban J connectivity index is 0.975. The second-order valence-corrected chi connectivity index (χ2v) is 28.9. The Morgan fingerprint density at radius 2 is 0.696 bits per heavy atom. The lowest BCUT2D eigenvalue weighted by Crippen LogP contribution is -2.70. The molecule has 0 radical (unpaired) electrons. The summed E-state index contributed by atoms with van der Waals surface area (Å²) in [5.41, 5.74) is 0. The van der Waals surface area contributed by atoms with Crippen LogP contribution < -0.4 is 5.32 Å². The maximum absolute atomic E-state index is 12.6. The van der Waals surface area contributed by atoms with Crippen LogP contribution in [0.4, 0.5) is 0 Å². The molecule has 0 aromatic rings. The third kappa shape index (κ3) is 20.4. The lowest BCUT2D eigenvalue weighted by Gasteiger charge is -2.52. The van der Waals surface area contributed by atoms with Crippen LogP contribution >= 0.6 is 0 Å². The largest absolute Gasteiger partial charge is 0.477 e. The number of ether oxygens (including phenoxy) is 17. The molecule has 9 fully saturated rings. The third-order valence-corrected chi connectivity index (χ3v) is 21.0. The van der Waals surface area contributed by atoms with Crippen molar-refractivity contribution in [2.45, 2.75) is 314 Å². The molecule has 9 aliphatic heterocycles. The summed E-state index contributed by atoms with van der Waals surface area (Å²) in [6.07, 6.45) is -108. The van der Waals surface area contributed by atoms with Gasteiger partial charge in [0.05, 0.1) is 65.6 Å². The molecule has 1 amide bonds. The lowest BCUT2D eigenvalue weighted by atomic mass is 9.91.